The molecule has 0 aromatic rings. The summed E-state index contributed by atoms with van der Waals surface area (Å²) < 4.78 is 24.0. The van der Waals surface area contributed by atoms with Crippen molar-refractivity contribution in [1.29, 1.82) is 0 Å². The topological polar surface area (TPSA) is 36.9 Å². The van der Waals surface area contributed by atoms with Crippen molar-refractivity contribution in [3.63, 3.8) is 0 Å². The Hall–Kier alpha value is 0.708. The summed E-state index contributed by atoms with van der Waals surface area (Å²) in [6.45, 7) is 19.6. The van der Waals surface area contributed by atoms with Crippen LogP contribution < -0.4 is 0 Å². The maximum absolute atomic E-state index is 6.15. The summed E-state index contributed by atoms with van der Waals surface area (Å²) in [5, 5.41) is 0. The third kappa shape index (κ3) is 9.61. The van der Waals surface area contributed by atoms with Crippen LogP contribution in [0.4, 0.5) is 0 Å². The largest absolute Gasteiger partial charge is 0.478 e. The van der Waals surface area contributed by atoms with Gasteiger partial charge in [-0.3, -0.25) is 0 Å². The fourth-order valence-electron chi connectivity index (χ4n) is 1.61. The van der Waals surface area contributed by atoms with Crippen LogP contribution in [0.15, 0.2) is 0 Å². The van der Waals surface area contributed by atoms with Crippen molar-refractivity contribution in [3.8, 4) is 0 Å². The van der Waals surface area contributed by atoms with Gasteiger partial charge in [-0.1, -0.05) is 0 Å². The van der Waals surface area contributed by atoms with Crippen molar-refractivity contribution in [2.75, 3.05) is 6.61 Å². The molecule has 1 radical (unpaired) electrons. The van der Waals surface area contributed by atoms with E-state index in [1.807, 2.05) is 20.0 Å². The third-order valence-corrected chi connectivity index (χ3v) is 12.7. The average molecular weight is 326 g/mol. The van der Waals surface area contributed by atoms with Gasteiger partial charge in [0.25, 0.3) is 0 Å². The molecule has 0 rings (SSSR count). The number of hydrogen-bond acceptors (Lipinski definition) is 4. The average Bonchev–Trinajstić information content (AvgIpc) is 1.93. The van der Waals surface area contributed by atoms with Gasteiger partial charge in [-0.15, -0.1) is 0 Å². The summed E-state index contributed by atoms with van der Waals surface area (Å²) in [5.41, 5.74) is 0. The maximum atomic E-state index is 6.15. The zero-order valence-corrected chi connectivity index (χ0v) is 17.3. The highest BCUT2D eigenvalue weighted by Crippen LogP contribution is 2.19. The van der Waals surface area contributed by atoms with E-state index in [4.69, 9.17) is 16.8 Å². The molecule has 0 aromatic carbocycles. The summed E-state index contributed by atoms with van der Waals surface area (Å²) in [6.07, 6.45) is 0. The van der Waals surface area contributed by atoms with Gasteiger partial charge in [-0.25, -0.2) is 0 Å². The first-order valence-electron chi connectivity index (χ1n) is 6.42. The molecule has 0 aliphatic heterocycles. The highest BCUT2D eigenvalue weighted by molar-refractivity contribution is 6.83. The maximum Gasteiger partial charge on any atom is 0.478 e. The van der Waals surface area contributed by atoms with Gasteiger partial charge in [-0.05, 0) is 52.8 Å². The Bertz CT molecular complexity index is 251. The molecule has 1 unspecified atom stereocenters. The van der Waals surface area contributed by atoms with Gasteiger partial charge >= 0.3 is 18.1 Å². The Morgan fingerprint density at radius 1 is 0.833 bits per heavy atom. The molecule has 0 aliphatic carbocycles. The lowest BCUT2D eigenvalue weighted by molar-refractivity contribution is 0.170. The molecule has 4 nitrogen and oxygen atoms in total. The Balaban J connectivity index is 4.60. The fourth-order valence-corrected chi connectivity index (χ4v) is 13.7. The van der Waals surface area contributed by atoms with Crippen LogP contribution in [0.1, 0.15) is 6.92 Å². The van der Waals surface area contributed by atoms with Crippen LogP contribution in [0.25, 0.3) is 0 Å². The SMILES string of the molecule is CCO[Si](C)(O[Si](C)O[Si](C)(C)C)O[Si](C)(C)C. The lowest BCUT2D eigenvalue weighted by atomic mass is 10.9. The fraction of sp³-hybridized carbons (Fsp3) is 1.00. The van der Waals surface area contributed by atoms with Gasteiger partial charge in [0.15, 0.2) is 16.6 Å². The molecule has 18 heavy (non-hydrogen) atoms. The second kappa shape index (κ2) is 6.93. The number of hydrogen-bond donors (Lipinski definition) is 0. The normalized spacial score (nSPS) is 17.0. The van der Waals surface area contributed by atoms with E-state index in [1.165, 1.54) is 0 Å². The molecule has 0 aliphatic rings. The lowest BCUT2D eigenvalue weighted by Gasteiger charge is -2.35. The predicted octanol–water partition coefficient (Wildman–Crippen LogP) is 3.43. The van der Waals surface area contributed by atoms with Crippen LogP contribution >= 0.6 is 0 Å². The van der Waals surface area contributed by atoms with Crippen molar-refractivity contribution >= 4 is 34.7 Å². The van der Waals surface area contributed by atoms with Gasteiger partial charge in [0.2, 0.25) is 0 Å². The molecule has 0 fully saturated rings. The summed E-state index contributed by atoms with van der Waals surface area (Å²) >= 11 is 0. The minimum Gasteiger partial charge on any atom is -0.436 e. The minimum absolute atomic E-state index is 0.620. The first-order chi connectivity index (χ1) is 7.87. The van der Waals surface area contributed by atoms with Gasteiger partial charge < -0.3 is 16.8 Å². The van der Waals surface area contributed by atoms with Crippen LogP contribution in [0.2, 0.25) is 52.4 Å². The Kier molecular flexibility index (Phi) is 7.20. The second-order valence-electron chi connectivity index (χ2n) is 6.32. The van der Waals surface area contributed by atoms with Crippen molar-refractivity contribution in [1.82, 2.24) is 0 Å². The molecule has 0 N–H and O–H groups in total. The van der Waals surface area contributed by atoms with E-state index >= 15 is 0 Å². The van der Waals surface area contributed by atoms with Crippen LogP contribution in [-0.4, -0.2) is 41.3 Å². The molecule has 0 bridgehead atoms. The molecule has 8 heteroatoms. The van der Waals surface area contributed by atoms with Gasteiger partial charge in [0.05, 0.1) is 0 Å². The molecule has 0 amide bonds. The molecule has 0 saturated carbocycles. The summed E-state index contributed by atoms with van der Waals surface area (Å²) in [7, 11) is -7.08. The highest BCUT2D eigenvalue weighted by atomic mass is 28.5. The monoisotopic (exact) mass is 325 g/mol. The van der Waals surface area contributed by atoms with Gasteiger partial charge in [0.1, 0.15) is 0 Å². The smallest absolute Gasteiger partial charge is 0.436 e. The van der Waals surface area contributed by atoms with E-state index in [0.29, 0.717) is 6.61 Å². The third-order valence-electron chi connectivity index (χ3n) is 1.68. The number of rotatable bonds is 8. The zero-order chi connectivity index (χ0) is 14.6. The minimum atomic E-state index is -2.54. The molecule has 1 atom stereocenters. The van der Waals surface area contributed by atoms with Gasteiger partial charge in [-0.2, -0.15) is 0 Å². The van der Waals surface area contributed by atoms with Crippen molar-refractivity contribution < 1.29 is 16.8 Å². The molecule has 0 aromatic heterocycles. The Morgan fingerprint density at radius 2 is 1.33 bits per heavy atom. The van der Waals surface area contributed by atoms with Crippen molar-refractivity contribution in [3.05, 3.63) is 0 Å². The predicted molar refractivity (Wildman–Crippen MR) is 84.8 cm³/mol. The summed E-state index contributed by atoms with van der Waals surface area (Å²) in [5.74, 6) is 0. The van der Waals surface area contributed by atoms with Crippen molar-refractivity contribution in [2.45, 2.75) is 59.3 Å². The first-order valence-corrected chi connectivity index (χ1v) is 17.3. The molecular formula is C10H29O4Si4. The van der Waals surface area contributed by atoms with Crippen LogP contribution in [0.3, 0.4) is 0 Å². The van der Waals surface area contributed by atoms with E-state index in [2.05, 4.69) is 39.3 Å². The molecular weight excluding hydrogens is 296 g/mol. The zero-order valence-electron chi connectivity index (χ0n) is 13.3. The molecule has 0 spiro atoms. The standard InChI is InChI=1S/C10H29O4Si4/c1-10-11-18(9,14-17(6,7)8)13-15(2)12-16(3,4)5/h10H2,1-9H3. The summed E-state index contributed by atoms with van der Waals surface area (Å²) in [4.78, 5) is 0. The van der Waals surface area contributed by atoms with E-state index < -0.39 is 34.7 Å². The van der Waals surface area contributed by atoms with E-state index in [-0.39, 0.29) is 0 Å². The second-order valence-corrected chi connectivity index (χ2v) is 20.2. The Labute approximate surface area is 117 Å². The van der Waals surface area contributed by atoms with Crippen LogP contribution in [0.5, 0.6) is 0 Å². The van der Waals surface area contributed by atoms with Crippen LogP contribution in [-0.2, 0) is 16.8 Å². The lowest BCUT2D eigenvalue weighted by Crippen LogP contribution is -2.54. The first kappa shape index (κ1) is 18.7. The molecule has 0 heterocycles. The van der Waals surface area contributed by atoms with E-state index in [0.717, 1.165) is 0 Å². The molecule has 109 valence electrons. The quantitative estimate of drug-likeness (QED) is 0.641. The van der Waals surface area contributed by atoms with E-state index in [9.17, 15) is 0 Å². The van der Waals surface area contributed by atoms with E-state index in [1.54, 1.807) is 0 Å². The summed E-state index contributed by atoms with van der Waals surface area (Å²) in [6, 6.07) is 0. The van der Waals surface area contributed by atoms with Crippen LogP contribution in [0, 0.1) is 0 Å². The molecule has 0 saturated heterocycles. The highest BCUT2D eigenvalue weighted by Gasteiger charge is 2.42. The van der Waals surface area contributed by atoms with Crippen molar-refractivity contribution in [2.24, 2.45) is 0 Å². The Morgan fingerprint density at radius 3 is 1.67 bits per heavy atom. The van der Waals surface area contributed by atoms with Gasteiger partial charge in [0, 0.05) is 13.2 Å².